The molecule has 1 aromatic rings. The molecule has 1 atom stereocenters. The van der Waals surface area contributed by atoms with Gasteiger partial charge in [-0.15, -0.1) is 0 Å². The molecule has 0 unspecified atom stereocenters. The van der Waals surface area contributed by atoms with Crippen LogP contribution < -0.4 is 4.74 Å². The Balaban J connectivity index is 1.60. The third kappa shape index (κ3) is 3.05. The van der Waals surface area contributed by atoms with Gasteiger partial charge in [0.15, 0.2) is 0 Å². The van der Waals surface area contributed by atoms with Gasteiger partial charge in [0.05, 0.1) is 12.0 Å². The van der Waals surface area contributed by atoms with E-state index in [2.05, 4.69) is 0 Å². The fourth-order valence-corrected chi connectivity index (χ4v) is 3.96. The molecular formula is C19H25NO4. The lowest BCUT2D eigenvalue weighted by Gasteiger charge is -2.23. The summed E-state index contributed by atoms with van der Waals surface area (Å²) >= 11 is 0. The van der Waals surface area contributed by atoms with Gasteiger partial charge >= 0.3 is 0 Å². The highest BCUT2D eigenvalue weighted by Crippen LogP contribution is 2.46. The lowest BCUT2D eigenvalue weighted by Crippen LogP contribution is -2.41. The predicted molar refractivity (Wildman–Crippen MR) is 89.7 cm³/mol. The van der Waals surface area contributed by atoms with Gasteiger partial charge in [-0.25, -0.2) is 0 Å². The summed E-state index contributed by atoms with van der Waals surface area (Å²) in [6, 6.07) is 5.86. The van der Waals surface area contributed by atoms with Crippen molar-refractivity contribution in [3.8, 4) is 5.75 Å². The Morgan fingerprint density at radius 3 is 2.46 bits per heavy atom. The van der Waals surface area contributed by atoms with Crippen LogP contribution in [0.2, 0.25) is 0 Å². The molecule has 2 fully saturated rings. The van der Waals surface area contributed by atoms with E-state index >= 15 is 0 Å². The number of ether oxygens (including phenoxy) is 1. The maximum absolute atomic E-state index is 12.6. The summed E-state index contributed by atoms with van der Waals surface area (Å²) in [5.41, 5.74) is 1.52. The molecule has 3 rings (SSSR count). The van der Waals surface area contributed by atoms with Gasteiger partial charge in [-0.3, -0.25) is 14.5 Å². The van der Waals surface area contributed by atoms with Crippen LogP contribution in [0.25, 0.3) is 0 Å². The molecule has 0 radical (unpaired) electrons. The van der Waals surface area contributed by atoms with Crippen molar-refractivity contribution in [2.45, 2.75) is 52.1 Å². The Kier molecular flexibility index (Phi) is 4.63. The standard InChI is InChI=1S/C19H25NO4/c1-13-6-5-7-14(2)17(13)24-12-15(21)11-20-16(22)10-19(18(20)23)8-3-4-9-19/h5-7,15,21H,3-4,8-12H2,1-2H3/t15-/m1/s1. The molecule has 130 valence electrons. The first-order valence-corrected chi connectivity index (χ1v) is 8.65. The number of carbonyl (C=O) groups is 2. The number of likely N-dealkylation sites (tertiary alicyclic amines) is 1. The lowest BCUT2D eigenvalue weighted by molar-refractivity contribution is -0.143. The van der Waals surface area contributed by atoms with Gasteiger partial charge in [-0.1, -0.05) is 31.0 Å². The van der Waals surface area contributed by atoms with Crippen LogP contribution in [0.3, 0.4) is 0 Å². The summed E-state index contributed by atoms with van der Waals surface area (Å²) in [7, 11) is 0. The minimum Gasteiger partial charge on any atom is -0.490 e. The molecule has 1 aliphatic heterocycles. The molecule has 1 N–H and O–H groups in total. The molecule has 0 aromatic heterocycles. The summed E-state index contributed by atoms with van der Waals surface area (Å²) < 4.78 is 5.73. The van der Waals surface area contributed by atoms with E-state index < -0.39 is 11.5 Å². The van der Waals surface area contributed by atoms with Gasteiger partial charge < -0.3 is 9.84 Å². The normalized spacial score (nSPS) is 20.9. The van der Waals surface area contributed by atoms with Crippen LogP contribution in [0.4, 0.5) is 0 Å². The van der Waals surface area contributed by atoms with Crippen molar-refractivity contribution in [2.75, 3.05) is 13.2 Å². The SMILES string of the molecule is Cc1cccc(C)c1OC[C@H](O)CN1C(=O)CC2(CCCC2)C1=O. The number of hydrogen-bond donors (Lipinski definition) is 1. The number of amides is 2. The Morgan fingerprint density at radius 2 is 1.83 bits per heavy atom. The van der Waals surface area contributed by atoms with Crippen LogP contribution in [0.15, 0.2) is 18.2 Å². The molecule has 2 amide bonds. The molecule has 24 heavy (non-hydrogen) atoms. The number of aryl methyl sites for hydroxylation is 2. The van der Waals surface area contributed by atoms with E-state index in [0.29, 0.717) is 6.42 Å². The monoisotopic (exact) mass is 331 g/mol. The molecule has 1 spiro atoms. The maximum Gasteiger partial charge on any atom is 0.235 e. The fraction of sp³-hybridized carbons (Fsp3) is 0.579. The minimum absolute atomic E-state index is 0.0182. The molecule has 5 heteroatoms. The maximum atomic E-state index is 12.6. The number of carbonyl (C=O) groups excluding carboxylic acids is 2. The summed E-state index contributed by atoms with van der Waals surface area (Å²) in [5.74, 6) is 0.493. The molecule has 1 saturated heterocycles. The van der Waals surface area contributed by atoms with Crippen molar-refractivity contribution >= 4 is 11.8 Å². The van der Waals surface area contributed by atoms with Gasteiger partial charge in [0.2, 0.25) is 11.8 Å². The van der Waals surface area contributed by atoms with Crippen LogP contribution in [0.5, 0.6) is 5.75 Å². The second kappa shape index (κ2) is 6.55. The third-order valence-corrected chi connectivity index (χ3v) is 5.27. The number of nitrogens with zero attached hydrogens (tertiary/aromatic N) is 1. The molecule has 1 heterocycles. The molecule has 1 aromatic carbocycles. The Labute approximate surface area is 142 Å². The smallest absolute Gasteiger partial charge is 0.235 e. The average Bonchev–Trinajstić information content (AvgIpc) is 3.08. The zero-order valence-corrected chi connectivity index (χ0v) is 14.4. The largest absolute Gasteiger partial charge is 0.490 e. The summed E-state index contributed by atoms with van der Waals surface area (Å²) in [6.45, 7) is 3.98. The summed E-state index contributed by atoms with van der Waals surface area (Å²) in [4.78, 5) is 26.1. The van der Waals surface area contributed by atoms with Crippen LogP contribution in [-0.4, -0.2) is 41.1 Å². The first kappa shape index (κ1) is 17.0. The van der Waals surface area contributed by atoms with Crippen molar-refractivity contribution < 1.29 is 19.4 Å². The highest BCUT2D eigenvalue weighted by Gasteiger charge is 2.52. The van der Waals surface area contributed by atoms with E-state index in [1.165, 1.54) is 4.90 Å². The molecule has 1 aliphatic carbocycles. The Hall–Kier alpha value is -1.88. The highest BCUT2D eigenvalue weighted by atomic mass is 16.5. The number of benzene rings is 1. The Morgan fingerprint density at radius 1 is 1.21 bits per heavy atom. The van der Waals surface area contributed by atoms with Crippen molar-refractivity contribution in [3.05, 3.63) is 29.3 Å². The van der Waals surface area contributed by atoms with Crippen molar-refractivity contribution in [1.82, 2.24) is 4.90 Å². The predicted octanol–water partition coefficient (Wildman–Crippen LogP) is 2.36. The quantitative estimate of drug-likeness (QED) is 0.841. The average molecular weight is 331 g/mol. The number of imide groups is 1. The van der Waals surface area contributed by atoms with Crippen LogP contribution >= 0.6 is 0 Å². The van der Waals surface area contributed by atoms with E-state index in [0.717, 1.165) is 42.6 Å². The Bertz CT molecular complexity index is 629. The van der Waals surface area contributed by atoms with Crippen molar-refractivity contribution in [2.24, 2.45) is 5.41 Å². The molecule has 2 aliphatic rings. The second-order valence-corrected chi connectivity index (χ2v) is 7.16. The van der Waals surface area contributed by atoms with Gasteiger partial charge in [0, 0.05) is 6.42 Å². The van der Waals surface area contributed by atoms with E-state index in [9.17, 15) is 14.7 Å². The third-order valence-electron chi connectivity index (χ3n) is 5.27. The first-order valence-electron chi connectivity index (χ1n) is 8.65. The van der Waals surface area contributed by atoms with E-state index in [1.54, 1.807) is 0 Å². The topological polar surface area (TPSA) is 66.8 Å². The number of aliphatic hydroxyl groups is 1. The van der Waals surface area contributed by atoms with Crippen LogP contribution in [0, 0.1) is 19.3 Å². The molecular weight excluding hydrogens is 306 g/mol. The van der Waals surface area contributed by atoms with E-state index in [1.807, 2.05) is 32.0 Å². The van der Waals surface area contributed by atoms with Gasteiger partial charge in [0.25, 0.3) is 0 Å². The zero-order chi connectivity index (χ0) is 17.3. The zero-order valence-electron chi connectivity index (χ0n) is 14.4. The molecule has 5 nitrogen and oxygen atoms in total. The number of hydrogen-bond acceptors (Lipinski definition) is 4. The summed E-state index contributed by atoms with van der Waals surface area (Å²) in [6.07, 6.45) is 3.02. The number of rotatable bonds is 5. The van der Waals surface area contributed by atoms with Gasteiger partial charge in [0.1, 0.15) is 18.5 Å². The lowest BCUT2D eigenvalue weighted by atomic mass is 9.84. The second-order valence-electron chi connectivity index (χ2n) is 7.16. The van der Waals surface area contributed by atoms with Gasteiger partial charge in [-0.05, 0) is 37.8 Å². The van der Waals surface area contributed by atoms with Crippen molar-refractivity contribution in [3.63, 3.8) is 0 Å². The fourth-order valence-electron chi connectivity index (χ4n) is 3.96. The number of β-amino-alcohol motifs (C(OH)–C–C–N with tert-alkyl or cyclic N) is 1. The highest BCUT2D eigenvalue weighted by molar-refractivity contribution is 6.06. The van der Waals surface area contributed by atoms with Crippen molar-refractivity contribution in [1.29, 1.82) is 0 Å². The first-order chi connectivity index (χ1) is 11.4. The molecule has 0 bridgehead atoms. The van der Waals surface area contributed by atoms with Crippen LogP contribution in [0.1, 0.15) is 43.2 Å². The summed E-state index contributed by atoms with van der Waals surface area (Å²) in [5, 5.41) is 10.2. The minimum atomic E-state index is -0.881. The number of aliphatic hydroxyl groups excluding tert-OH is 1. The van der Waals surface area contributed by atoms with E-state index in [4.69, 9.17) is 4.74 Å². The number of para-hydroxylation sites is 1. The molecule has 1 saturated carbocycles. The van der Waals surface area contributed by atoms with Gasteiger partial charge in [-0.2, -0.15) is 0 Å². The van der Waals surface area contributed by atoms with Crippen LogP contribution in [-0.2, 0) is 9.59 Å². The van der Waals surface area contributed by atoms with E-state index in [-0.39, 0.29) is 25.0 Å².